The number of hydrogen-bond donors (Lipinski definition) is 1. The van der Waals surface area contributed by atoms with E-state index in [0.717, 1.165) is 0 Å². The van der Waals surface area contributed by atoms with E-state index in [2.05, 4.69) is 15.3 Å². The van der Waals surface area contributed by atoms with Gasteiger partial charge in [-0.3, -0.25) is 9.78 Å². The molecule has 5 nitrogen and oxygen atoms in total. The number of benzene rings is 2. The predicted octanol–water partition coefficient (Wildman–Crippen LogP) is 4.84. The molecular weight excluding hydrogens is 397 g/mol. The summed E-state index contributed by atoms with van der Waals surface area (Å²) in [5.41, 5.74) is -0.344. The molecule has 4 aromatic rings. The molecular formula is C19H8F5N3O2. The number of hydrogen-bond acceptors (Lipinski definition) is 4. The molecule has 0 unspecified atom stereocenters. The largest absolute Gasteiger partial charge is 0.436 e. The number of carbonyl (C=O) groups excluding carboxylic acids is 1. The molecule has 0 aliphatic heterocycles. The highest BCUT2D eigenvalue weighted by Gasteiger charge is 2.29. The number of aromatic nitrogens is 2. The number of amides is 1. The van der Waals surface area contributed by atoms with Crippen molar-refractivity contribution in [2.45, 2.75) is 0 Å². The molecule has 0 spiro atoms. The maximum Gasteiger partial charge on any atom is 0.261 e. The predicted molar refractivity (Wildman–Crippen MR) is 91.4 cm³/mol. The van der Waals surface area contributed by atoms with Gasteiger partial charge in [-0.1, -0.05) is 0 Å². The van der Waals surface area contributed by atoms with Gasteiger partial charge < -0.3 is 9.73 Å². The average molecular weight is 405 g/mol. The van der Waals surface area contributed by atoms with E-state index in [1.54, 1.807) is 18.3 Å². The van der Waals surface area contributed by atoms with Gasteiger partial charge in [0.15, 0.2) is 28.9 Å². The topological polar surface area (TPSA) is 68.0 Å². The molecule has 0 radical (unpaired) electrons. The molecule has 1 N–H and O–H groups in total. The van der Waals surface area contributed by atoms with Crippen LogP contribution < -0.4 is 5.32 Å². The molecule has 0 aliphatic rings. The third kappa shape index (κ3) is 3.18. The molecule has 0 saturated carbocycles. The van der Waals surface area contributed by atoms with Crippen molar-refractivity contribution in [1.29, 1.82) is 0 Å². The summed E-state index contributed by atoms with van der Waals surface area (Å²) in [5.74, 6) is -12.5. The van der Waals surface area contributed by atoms with E-state index in [-0.39, 0.29) is 11.6 Å². The van der Waals surface area contributed by atoms with Crippen LogP contribution in [-0.4, -0.2) is 15.9 Å². The van der Waals surface area contributed by atoms with Crippen molar-refractivity contribution in [3.05, 3.63) is 77.4 Å². The fraction of sp³-hybridized carbons (Fsp3) is 0. The highest BCUT2D eigenvalue weighted by Crippen LogP contribution is 2.27. The monoisotopic (exact) mass is 405 g/mol. The number of oxazole rings is 1. The Morgan fingerprint density at radius 3 is 2.28 bits per heavy atom. The van der Waals surface area contributed by atoms with E-state index in [9.17, 15) is 26.7 Å². The van der Waals surface area contributed by atoms with Gasteiger partial charge in [-0.15, -0.1) is 0 Å². The van der Waals surface area contributed by atoms with Gasteiger partial charge in [-0.2, -0.15) is 0 Å². The van der Waals surface area contributed by atoms with Crippen LogP contribution in [0.15, 0.2) is 47.1 Å². The molecule has 29 heavy (non-hydrogen) atoms. The number of nitrogens with one attached hydrogen (secondary N) is 1. The van der Waals surface area contributed by atoms with Gasteiger partial charge in [-0.25, -0.2) is 26.9 Å². The number of rotatable bonds is 3. The zero-order chi connectivity index (χ0) is 20.7. The van der Waals surface area contributed by atoms with Crippen LogP contribution >= 0.6 is 0 Å². The van der Waals surface area contributed by atoms with Crippen LogP contribution in [0.25, 0.3) is 22.6 Å². The van der Waals surface area contributed by atoms with E-state index >= 15 is 0 Å². The summed E-state index contributed by atoms with van der Waals surface area (Å²) in [4.78, 5) is 20.3. The molecule has 10 heteroatoms. The van der Waals surface area contributed by atoms with Crippen LogP contribution in [0.4, 0.5) is 27.6 Å². The minimum absolute atomic E-state index is 0.0116. The van der Waals surface area contributed by atoms with Crippen molar-refractivity contribution < 1.29 is 31.2 Å². The molecule has 2 heterocycles. The second-order valence-electron chi connectivity index (χ2n) is 5.84. The lowest BCUT2D eigenvalue weighted by Crippen LogP contribution is -2.19. The van der Waals surface area contributed by atoms with Crippen molar-refractivity contribution in [3.8, 4) is 11.5 Å². The van der Waals surface area contributed by atoms with Crippen LogP contribution in [-0.2, 0) is 0 Å². The zero-order valence-corrected chi connectivity index (χ0v) is 14.1. The highest BCUT2D eigenvalue weighted by atomic mass is 19.2. The Morgan fingerprint density at radius 2 is 1.62 bits per heavy atom. The number of fused-ring (bicyclic) bond motifs is 1. The zero-order valence-electron chi connectivity index (χ0n) is 14.1. The number of anilines is 1. The summed E-state index contributed by atoms with van der Waals surface area (Å²) in [7, 11) is 0. The number of halogens is 5. The molecule has 0 saturated heterocycles. The van der Waals surface area contributed by atoms with Gasteiger partial charge in [0.25, 0.3) is 5.91 Å². The van der Waals surface area contributed by atoms with Gasteiger partial charge in [0.2, 0.25) is 11.7 Å². The van der Waals surface area contributed by atoms with Crippen molar-refractivity contribution in [2.24, 2.45) is 0 Å². The Bertz CT molecular complexity index is 1230. The molecule has 4 rings (SSSR count). The number of carbonyl (C=O) groups is 1. The van der Waals surface area contributed by atoms with Crippen LogP contribution in [0.2, 0.25) is 0 Å². The molecule has 0 fully saturated rings. The molecule has 2 aromatic heterocycles. The molecule has 2 aromatic carbocycles. The molecule has 146 valence electrons. The third-order valence-corrected chi connectivity index (χ3v) is 3.99. The SMILES string of the molecule is O=C(Nc1ccc2oc(-c3cccnc3)nc2c1)c1c(F)c(F)c(F)c(F)c1F. The Balaban J connectivity index is 1.67. The lowest BCUT2D eigenvalue weighted by atomic mass is 10.1. The van der Waals surface area contributed by atoms with Crippen LogP contribution in [0.5, 0.6) is 0 Å². The van der Waals surface area contributed by atoms with E-state index in [4.69, 9.17) is 4.42 Å². The second-order valence-corrected chi connectivity index (χ2v) is 5.84. The first kappa shape index (κ1) is 18.5. The van der Waals surface area contributed by atoms with E-state index < -0.39 is 40.6 Å². The van der Waals surface area contributed by atoms with Gasteiger partial charge in [0.05, 0.1) is 5.56 Å². The van der Waals surface area contributed by atoms with Gasteiger partial charge in [-0.05, 0) is 30.3 Å². The number of pyridine rings is 1. The lowest BCUT2D eigenvalue weighted by molar-refractivity contribution is 0.101. The second kappa shape index (κ2) is 6.97. The van der Waals surface area contributed by atoms with Crippen LogP contribution in [0.1, 0.15) is 10.4 Å². The minimum atomic E-state index is -2.34. The number of nitrogens with zero attached hydrogens (tertiary/aromatic N) is 2. The first-order valence-corrected chi connectivity index (χ1v) is 8.00. The first-order chi connectivity index (χ1) is 13.9. The normalized spacial score (nSPS) is 11.1. The van der Waals surface area contributed by atoms with Crippen molar-refractivity contribution in [3.63, 3.8) is 0 Å². The molecule has 0 bridgehead atoms. The molecule has 0 aliphatic carbocycles. The van der Waals surface area contributed by atoms with Crippen LogP contribution in [0.3, 0.4) is 0 Å². The lowest BCUT2D eigenvalue weighted by Gasteiger charge is -2.09. The van der Waals surface area contributed by atoms with Gasteiger partial charge in [0, 0.05) is 18.1 Å². The standard InChI is InChI=1S/C19H8F5N3O2/c20-13-12(14(21)16(23)17(24)15(13)22)18(28)26-9-3-4-11-10(6-9)27-19(29-11)8-2-1-5-25-7-8/h1-7H,(H,26,28). The van der Waals surface area contributed by atoms with E-state index in [1.807, 2.05) is 0 Å². The minimum Gasteiger partial charge on any atom is -0.436 e. The van der Waals surface area contributed by atoms with E-state index in [1.165, 1.54) is 24.4 Å². The first-order valence-electron chi connectivity index (χ1n) is 8.00. The fourth-order valence-corrected chi connectivity index (χ4v) is 2.62. The smallest absolute Gasteiger partial charge is 0.261 e. The fourth-order valence-electron chi connectivity index (χ4n) is 2.62. The summed E-state index contributed by atoms with van der Waals surface area (Å²) < 4.78 is 72.9. The van der Waals surface area contributed by atoms with Crippen molar-refractivity contribution >= 4 is 22.7 Å². The van der Waals surface area contributed by atoms with Crippen LogP contribution in [0, 0.1) is 29.1 Å². The third-order valence-electron chi connectivity index (χ3n) is 3.99. The van der Waals surface area contributed by atoms with E-state index in [0.29, 0.717) is 16.7 Å². The van der Waals surface area contributed by atoms with Crippen molar-refractivity contribution in [2.75, 3.05) is 5.32 Å². The summed E-state index contributed by atoms with van der Waals surface area (Å²) in [6.45, 7) is 0. The maximum atomic E-state index is 13.8. The summed E-state index contributed by atoms with van der Waals surface area (Å²) >= 11 is 0. The maximum absolute atomic E-state index is 13.8. The van der Waals surface area contributed by atoms with Gasteiger partial charge in [0.1, 0.15) is 11.1 Å². The summed E-state index contributed by atoms with van der Waals surface area (Å²) in [6.07, 6.45) is 3.09. The Labute approximate surface area is 158 Å². The quantitative estimate of drug-likeness (QED) is 0.301. The van der Waals surface area contributed by atoms with Crippen molar-refractivity contribution in [1.82, 2.24) is 9.97 Å². The summed E-state index contributed by atoms with van der Waals surface area (Å²) in [6, 6.07) is 7.47. The Kier molecular flexibility index (Phi) is 4.45. The summed E-state index contributed by atoms with van der Waals surface area (Å²) in [5, 5.41) is 2.09. The Morgan fingerprint density at radius 1 is 0.931 bits per heavy atom. The average Bonchev–Trinajstić information content (AvgIpc) is 3.15. The highest BCUT2D eigenvalue weighted by molar-refractivity contribution is 6.05. The molecule has 0 atom stereocenters. The Hall–Kier alpha value is -3.82. The molecule has 1 amide bonds. The van der Waals surface area contributed by atoms with Gasteiger partial charge >= 0.3 is 0 Å².